The zero-order chi connectivity index (χ0) is 16.4. The van der Waals surface area contributed by atoms with Crippen molar-refractivity contribution in [3.63, 3.8) is 0 Å². The van der Waals surface area contributed by atoms with Gasteiger partial charge >= 0.3 is 0 Å². The minimum atomic E-state index is -0.488. The SMILES string of the molecule is Cc1ccc(Cl)c(NC(=O)C2(c3ccccc3)CCCC2)c1Cl. The van der Waals surface area contributed by atoms with Crippen LogP contribution in [0, 0.1) is 6.92 Å². The van der Waals surface area contributed by atoms with Crippen LogP contribution in [-0.2, 0) is 10.2 Å². The van der Waals surface area contributed by atoms with Crippen LogP contribution in [0.25, 0.3) is 0 Å². The smallest absolute Gasteiger partial charge is 0.235 e. The highest BCUT2D eigenvalue weighted by molar-refractivity contribution is 6.40. The van der Waals surface area contributed by atoms with Crippen molar-refractivity contribution in [2.45, 2.75) is 38.0 Å². The van der Waals surface area contributed by atoms with Gasteiger partial charge in [-0.2, -0.15) is 0 Å². The van der Waals surface area contributed by atoms with Gasteiger partial charge in [0, 0.05) is 0 Å². The largest absolute Gasteiger partial charge is 0.323 e. The molecule has 1 N–H and O–H groups in total. The summed E-state index contributed by atoms with van der Waals surface area (Å²) < 4.78 is 0. The molecule has 23 heavy (non-hydrogen) atoms. The van der Waals surface area contributed by atoms with Crippen LogP contribution in [0.4, 0.5) is 5.69 Å². The lowest BCUT2D eigenvalue weighted by Gasteiger charge is -2.29. The van der Waals surface area contributed by atoms with Gasteiger partial charge in [-0.3, -0.25) is 4.79 Å². The highest BCUT2D eigenvalue weighted by Gasteiger charge is 2.42. The Hall–Kier alpha value is -1.51. The number of halogens is 2. The number of anilines is 1. The molecule has 0 saturated heterocycles. The Kier molecular flexibility index (Phi) is 4.65. The van der Waals surface area contributed by atoms with Crippen LogP contribution in [0.3, 0.4) is 0 Å². The van der Waals surface area contributed by atoms with Crippen molar-refractivity contribution >= 4 is 34.8 Å². The lowest BCUT2D eigenvalue weighted by Crippen LogP contribution is -2.38. The van der Waals surface area contributed by atoms with E-state index in [0.717, 1.165) is 36.8 Å². The summed E-state index contributed by atoms with van der Waals surface area (Å²) in [4.78, 5) is 13.1. The van der Waals surface area contributed by atoms with E-state index in [1.54, 1.807) is 6.07 Å². The molecule has 1 fully saturated rings. The Balaban J connectivity index is 1.97. The summed E-state index contributed by atoms with van der Waals surface area (Å²) in [5, 5.41) is 3.97. The van der Waals surface area contributed by atoms with Gasteiger partial charge in [0.1, 0.15) is 0 Å². The molecule has 1 aliphatic carbocycles. The van der Waals surface area contributed by atoms with Crippen LogP contribution in [0.15, 0.2) is 42.5 Å². The Morgan fingerprint density at radius 2 is 1.70 bits per heavy atom. The predicted molar refractivity (Wildman–Crippen MR) is 96.4 cm³/mol. The number of aryl methyl sites for hydroxylation is 1. The zero-order valence-electron chi connectivity index (χ0n) is 13.0. The number of carbonyl (C=O) groups excluding carboxylic acids is 1. The van der Waals surface area contributed by atoms with Crippen molar-refractivity contribution in [3.05, 3.63) is 63.6 Å². The molecule has 0 aromatic heterocycles. The first-order chi connectivity index (χ1) is 11.0. The second kappa shape index (κ2) is 6.54. The number of hydrogen-bond acceptors (Lipinski definition) is 1. The highest BCUT2D eigenvalue weighted by atomic mass is 35.5. The Labute approximate surface area is 146 Å². The number of amides is 1. The van der Waals surface area contributed by atoms with Crippen molar-refractivity contribution in [1.29, 1.82) is 0 Å². The Bertz CT molecular complexity index is 722. The lowest BCUT2D eigenvalue weighted by molar-refractivity contribution is -0.121. The molecule has 120 valence electrons. The van der Waals surface area contributed by atoms with Crippen LogP contribution in [0.2, 0.25) is 10.0 Å². The van der Waals surface area contributed by atoms with E-state index in [1.165, 1.54) is 0 Å². The fraction of sp³-hybridized carbons (Fsp3) is 0.316. The summed E-state index contributed by atoms with van der Waals surface area (Å²) >= 11 is 12.6. The zero-order valence-corrected chi connectivity index (χ0v) is 14.5. The van der Waals surface area contributed by atoms with Crippen LogP contribution < -0.4 is 5.32 Å². The van der Waals surface area contributed by atoms with E-state index in [0.29, 0.717) is 15.7 Å². The third-order valence-electron chi connectivity index (χ3n) is 4.74. The number of hydrogen-bond donors (Lipinski definition) is 1. The molecule has 2 nitrogen and oxygen atoms in total. The van der Waals surface area contributed by atoms with Gasteiger partial charge in [0.05, 0.1) is 21.1 Å². The molecule has 1 aliphatic rings. The predicted octanol–water partition coefficient (Wildman–Crippen LogP) is 5.75. The van der Waals surface area contributed by atoms with E-state index in [-0.39, 0.29) is 5.91 Å². The maximum atomic E-state index is 13.1. The number of carbonyl (C=O) groups is 1. The minimum Gasteiger partial charge on any atom is -0.323 e. The van der Waals surface area contributed by atoms with Crippen molar-refractivity contribution in [2.24, 2.45) is 0 Å². The average molecular weight is 348 g/mol. The van der Waals surface area contributed by atoms with Crippen LogP contribution in [0.5, 0.6) is 0 Å². The van der Waals surface area contributed by atoms with E-state index in [1.807, 2.05) is 43.3 Å². The molecule has 1 saturated carbocycles. The molecular formula is C19H19Cl2NO. The minimum absolute atomic E-state index is 0.0180. The molecule has 3 rings (SSSR count). The van der Waals surface area contributed by atoms with Gasteiger partial charge in [-0.05, 0) is 37.0 Å². The molecule has 2 aromatic carbocycles. The summed E-state index contributed by atoms with van der Waals surface area (Å²) in [6.07, 6.45) is 3.81. The fourth-order valence-electron chi connectivity index (χ4n) is 3.39. The molecular weight excluding hydrogens is 329 g/mol. The number of benzene rings is 2. The second-order valence-corrected chi connectivity index (χ2v) is 6.95. The third-order valence-corrected chi connectivity index (χ3v) is 5.54. The summed E-state index contributed by atoms with van der Waals surface area (Å²) in [5.41, 5.74) is 1.99. The van der Waals surface area contributed by atoms with Gasteiger partial charge in [0.2, 0.25) is 5.91 Å². The van der Waals surface area contributed by atoms with E-state index in [4.69, 9.17) is 23.2 Å². The quantitative estimate of drug-likeness (QED) is 0.751. The maximum absolute atomic E-state index is 13.1. The Morgan fingerprint density at radius 1 is 1.04 bits per heavy atom. The van der Waals surface area contributed by atoms with Crippen molar-refractivity contribution in [3.8, 4) is 0 Å². The molecule has 0 atom stereocenters. The second-order valence-electron chi connectivity index (χ2n) is 6.16. The highest BCUT2D eigenvalue weighted by Crippen LogP contribution is 2.43. The average Bonchev–Trinajstić information content (AvgIpc) is 3.07. The van der Waals surface area contributed by atoms with Gasteiger partial charge in [0.25, 0.3) is 0 Å². The first kappa shape index (κ1) is 16.4. The van der Waals surface area contributed by atoms with Gasteiger partial charge in [0.15, 0.2) is 0 Å². The van der Waals surface area contributed by atoms with E-state index in [9.17, 15) is 4.79 Å². The monoisotopic (exact) mass is 347 g/mol. The first-order valence-electron chi connectivity index (χ1n) is 7.86. The van der Waals surface area contributed by atoms with Gasteiger partial charge in [-0.15, -0.1) is 0 Å². The normalized spacial score (nSPS) is 16.3. The third kappa shape index (κ3) is 2.98. The van der Waals surface area contributed by atoms with Crippen LogP contribution in [0.1, 0.15) is 36.8 Å². The van der Waals surface area contributed by atoms with Crippen LogP contribution >= 0.6 is 23.2 Å². The molecule has 4 heteroatoms. The lowest BCUT2D eigenvalue weighted by atomic mass is 9.78. The van der Waals surface area contributed by atoms with E-state index < -0.39 is 5.41 Å². The van der Waals surface area contributed by atoms with Gasteiger partial charge in [-0.25, -0.2) is 0 Å². The van der Waals surface area contributed by atoms with Crippen molar-refractivity contribution in [1.82, 2.24) is 0 Å². The first-order valence-corrected chi connectivity index (χ1v) is 8.62. The van der Waals surface area contributed by atoms with Gasteiger partial charge < -0.3 is 5.32 Å². The topological polar surface area (TPSA) is 29.1 Å². The van der Waals surface area contributed by atoms with E-state index in [2.05, 4.69) is 5.32 Å². The molecule has 2 aromatic rings. The van der Waals surface area contributed by atoms with Crippen molar-refractivity contribution in [2.75, 3.05) is 5.32 Å². The van der Waals surface area contributed by atoms with Crippen molar-refractivity contribution < 1.29 is 4.79 Å². The molecule has 0 heterocycles. The number of nitrogens with one attached hydrogen (secondary N) is 1. The number of rotatable bonds is 3. The molecule has 0 aliphatic heterocycles. The molecule has 0 bridgehead atoms. The summed E-state index contributed by atoms with van der Waals surface area (Å²) in [6, 6.07) is 13.6. The summed E-state index contributed by atoms with van der Waals surface area (Å²) in [7, 11) is 0. The molecule has 1 amide bonds. The fourth-order valence-corrected chi connectivity index (χ4v) is 3.85. The maximum Gasteiger partial charge on any atom is 0.235 e. The molecule has 0 radical (unpaired) electrons. The van der Waals surface area contributed by atoms with Gasteiger partial charge in [-0.1, -0.05) is 72.4 Å². The molecule has 0 spiro atoms. The standard InChI is InChI=1S/C19H19Cl2NO/c1-13-9-10-15(20)17(16(13)21)22-18(23)19(11-5-6-12-19)14-7-3-2-4-8-14/h2-4,7-10H,5-6,11-12H2,1H3,(H,22,23). The molecule has 0 unspecified atom stereocenters. The summed E-state index contributed by atoms with van der Waals surface area (Å²) in [6.45, 7) is 1.90. The van der Waals surface area contributed by atoms with E-state index >= 15 is 0 Å². The van der Waals surface area contributed by atoms with Crippen LogP contribution in [-0.4, -0.2) is 5.91 Å². The summed E-state index contributed by atoms with van der Waals surface area (Å²) in [5.74, 6) is -0.0180. The Morgan fingerprint density at radius 3 is 2.35 bits per heavy atom.